The van der Waals surface area contributed by atoms with Crippen LogP contribution >= 0.6 is 23.2 Å². The van der Waals surface area contributed by atoms with E-state index in [2.05, 4.69) is 5.32 Å². The number of halogens is 2. The number of carbonyl (C=O) groups excluding carboxylic acids is 2. The molecule has 0 radical (unpaired) electrons. The van der Waals surface area contributed by atoms with Crippen LogP contribution < -0.4 is 9.62 Å². The third-order valence-corrected chi connectivity index (χ3v) is 10.6. The molecule has 0 unspecified atom stereocenters. The summed E-state index contributed by atoms with van der Waals surface area (Å²) in [5, 5.41) is 3.96. The van der Waals surface area contributed by atoms with Crippen molar-refractivity contribution in [2.75, 3.05) is 10.8 Å². The largest absolute Gasteiger partial charge is 0.352 e. The van der Waals surface area contributed by atoms with Gasteiger partial charge in [-0.25, -0.2) is 8.42 Å². The molecule has 0 aliphatic heterocycles. The van der Waals surface area contributed by atoms with Crippen LogP contribution in [0.2, 0.25) is 10.0 Å². The first-order valence-electron chi connectivity index (χ1n) is 15.1. The average Bonchev–Trinajstić information content (AvgIpc) is 2.98. The first kappa shape index (κ1) is 33.8. The molecule has 3 aromatic carbocycles. The van der Waals surface area contributed by atoms with E-state index in [4.69, 9.17) is 23.2 Å². The van der Waals surface area contributed by atoms with Crippen LogP contribution in [0.1, 0.15) is 67.7 Å². The monoisotopic (exact) mass is 657 g/mol. The maximum atomic E-state index is 14.4. The summed E-state index contributed by atoms with van der Waals surface area (Å²) in [6.07, 6.45) is 5.37. The highest BCUT2D eigenvalue weighted by Gasteiger charge is 2.35. The molecule has 44 heavy (non-hydrogen) atoms. The molecule has 1 aliphatic carbocycles. The zero-order chi connectivity index (χ0) is 32.0. The minimum Gasteiger partial charge on any atom is -0.352 e. The van der Waals surface area contributed by atoms with Gasteiger partial charge in [0.2, 0.25) is 11.8 Å². The van der Waals surface area contributed by atoms with E-state index in [1.54, 1.807) is 48.5 Å². The summed E-state index contributed by atoms with van der Waals surface area (Å²) < 4.78 is 29.5. The molecule has 0 saturated heterocycles. The first-order valence-corrected chi connectivity index (χ1v) is 17.3. The Bertz CT molecular complexity index is 1590. The Kier molecular flexibility index (Phi) is 11.4. The molecule has 3 aromatic rings. The average molecular weight is 659 g/mol. The summed E-state index contributed by atoms with van der Waals surface area (Å²) in [6, 6.07) is 16.3. The number of sulfonamides is 1. The lowest BCUT2D eigenvalue weighted by atomic mass is 9.95. The van der Waals surface area contributed by atoms with Gasteiger partial charge < -0.3 is 10.2 Å². The zero-order valence-corrected chi connectivity index (χ0v) is 28.1. The fraction of sp³-hybridized carbons (Fsp3) is 0.412. The van der Waals surface area contributed by atoms with Crippen molar-refractivity contribution < 1.29 is 18.0 Å². The van der Waals surface area contributed by atoms with E-state index in [-0.39, 0.29) is 23.4 Å². The molecule has 1 atom stereocenters. The van der Waals surface area contributed by atoms with E-state index >= 15 is 0 Å². The summed E-state index contributed by atoms with van der Waals surface area (Å²) in [7, 11) is -4.16. The summed E-state index contributed by atoms with van der Waals surface area (Å²) in [5.74, 6) is -0.768. The number of aryl methyl sites for hydroxylation is 3. The quantitative estimate of drug-likeness (QED) is 0.233. The van der Waals surface area contributed by atoms with Crippen molar-refractivity contribution in [1.82, 2.24) is 10.2 Å². The van der Waals surface area contributed by atoms with Gasteiger partial charge in [-0.2, -0.15) is 0 Å². The highest BCUT2D eigenvalue weighted by Crippen LogP contribution is 2.30. The number of hydrogen-bond donors (Lipinski definition) is 1. The van der Waals surface area contributed by atoms with Gasteiger partial charge in [-0.05, 0) is 87.1 Å². The molecule has 0 aromatic heterocycles. The Morgan fingerprint density at radius 1 is 0.909 bits per heavy atom. The molecule has 0 heterocycles. The molecule has 7 nitrogen and oxygen atoms in total. The van der Waals surface area contributed by atoms with Gasteiger partial charge in [0.15, 0.2) is 0 Å². The van der Waals surface area contributed by atoms with Crippen molar-refractivity contribution in [3.63, 3.8) is 0 Å². The summed E-state index contributed by atoms with van der Waals surface area (Å²) in [6.45, 7) is 6.93. The van der Waals surface area contributed by atoms with Crippen LogP contribution in [0.5, 0.6) is 0 Å². The molecular weight excluding hydrogens is 617 g/mol. The number of hydrogen-bond acceptors (Lipinski definition) is 4. The van der Waals surface area contributed by atoms with Crippen molar-refractivity contribution in [2.45, 2.75) is 89.7 Å². The predicted octanol–water partition coefficient (Wildman–Crippen LogP) is 7.37. The second kappa shape index (κ2) is 14.8. The van der Waals surface area contributed by atoms with Crippen LogP contribution in [0.25, 0.3) is 0 Å². The number of carbonyl (C=O) groups is 2. The van der Waals surface area contributed by atoms with Gasteiger partial charge in [-0.15, -0.1) is 0 Å². The summed E-state index contributed by atoms with van der Waals surface area (Å²) >= 11 is 12.7. The second-order valence-electron chi connectivity index (χ2n) is 11.6. The van der Waals surface area contributed by atoms with Crippen LogP contribution in [-0.4, -0.2) is 43.8 Å². The molecule has 1 saturated carbocycles. The van der Waals surface area contributed by atoms with Crippen LogP contribution in [0.4, 0.5) is 5.69 Å². The number of benzene rings is 3. The first-order chi connectivity index (χ1) is 20.9. The Balaban J connectivity index is 1.76. The smallest absolute Gasteiger partial charge is 0.264 e. The normalized spacial score (nSPS) is 14.6. The number of nitrogens with zero attached hydrogens (tertiary/aromatic N) is 2. The highest BCUT2D eigenvalue weighted by molar-refractivity contribution is 7.92. The van der Waals surface area contributed by atoms with Crippen LogP contribution in [0.15, 0.2) is 65.6 Å². The molecule has 10 heteroatoms. The van der Waals surface area contributed by atoms with Crippen molar-refractivity contribution in [2.24, 2.45) is 0 Å². The molecule has 0 spiro atoms. The standard InChI is InChI=1S/C34H41Cl2N3O4S/c1-5-31(34(41)37-28-9-7-6-8-10-28)38(21-26-15-16-27(35)20-30(26)36)33(40)22-39(32-19-24(3)11-14-25(32)4)44(42,43)29-17-12-23(2)13-18-29/h11-20,28,31H,5-10,21-22H2,1-4H3,(H,37,41)/t31-/m0/s1. The van der Waals surface area contributed by atoms with Crippen LogP contribution in [-0.2, 0) is 26.2 Å². The minimum atomic E-state index is -4.16. The van der Waals surface area contributed by atoms with Crippen LogP contribution in [0, 0.1) is 20.8 Å². The Hall–Kier alpha value is -3.07. The predicted molar refractivity (Wildman–Crippen MR) is 178 cm³/mol. The lowest BCUT2D eigenvalue weighted by Crippen LogP contribution is -2.54. The summed E-state index contributed by atoms with van der Waals surface area (Å²) in [5.41, 5.74) is 3.48. The maximum absolute atomic E-state index is 14.4. The van der Waals surface area contributed by atoms with Gasteiger partial charge >= 0.3 is 0 Å². The zero-order valence-electron chi connectivity index (χ0n) is 25.8. The van der Waals surface area contributed by atoms with Crippen molar-refractivity contribution >= 4 is 50.7 Å². The van der Waals surface area contributed by atoms with E-state index in [0.29, 0.717) is 33.3 Å². The van der Waals surface area contributed by atoms with Gasteiger partial charge in [-0.1, -0.05) is 85.3 Å². The van der Waals surface area contributed by atoms with Crippen molar-refractivity contribution in [3.8, 4) is 0 Å². The van der Waals surface area contributed by atoms with E-state index in [9.17, 15) is 18.0 Å². The third-order valence-electron chi connectivity index (χ3n) is 8.21. The fourth-order valence-electron chi connectivity index (χ4n) is 5.64. The number of nitrogens with one attached hydrogen (secondary N) is 1. The highest BCUT2D eigenvalue weighted by atomic mass is 35.5. The van der Waals surface area contributed by atoms with Gasteiger partial charge in [0.1, 0.15) is 12.6 Å². The van der Waals surface area contributed by atoms with E-state index < -0.39 is 28.5 Å². The number of rotatable bonds is 11. The Morgan fingerprint density at radius 3 is 2.20 bits per heavy atom. The van der Waals surface area contributed by atoms with Crippen molar-refractivity contribution in [1.29, 1.82) is 0 Å². The molecule has 4 rings (SSSR count). The van der Waals surface area contributed by atoms with Gasteiger partial charge in [-0.3, -0.25) is 13.9 Å². The topological polar surface area (TPSA) is 86.8 Å². The van der Waals surface area contributed by atoms with Crippen molar-refractivity contribution in [3.05, 3.63) is 93.0 Å². The third kappa shape index (κ3) is 8.14. The Labute approximate surface area is 271 Å². The second-order valence-corrected chi connectivity index (χ2v) is 14.3. The number of amides is 2. The van der Waals surface area contributed by atoms with Gasteiger partial charge in [0, 0.05) is 22.6 Å². The molecule has 1 N–H and O–H groups in total. The van der Waals surface area contributed by atoms with Crippen LogP contribution in [0.3, 0.4) is 0 Å². The lowest BCUT2D eigenvalue weighted by Gasteiger charge is -2.35. The molecule has 2 amide bonds. The molecular formula is C34H41Cl2N3O4S. The van der Waals surface area contributed by atoms with E-state index in [1.807, 2.05) is 39.8 Å². The molecule has 1 fully saturated rings. The van der Waals surface area contributed by atoms with Gasteiger partial charge in [0.05, 0.1) is 10.6 Å². The molecule has 1 aliphatic rings. The Morgan fingerprint density at radius 2 is 1.57 bits per heavy atom. The minimum absolute atomic E-state index is 0.0106. The fourth-order valence-corrected chi connectivity index (χ4v) is 7.57. The SMILES string of the molecule is CC[C@@H](C(=O)NC1CCCCC1)N(Cc1ccc(Cl)cc1Cl)C(=O)CN(c1cc(C)ccc1C)S(=O)(=O)c1ccc(C)cc1. The molecule has 0 bridgehead atoms. The molecule has 236 valence electrons. The van der Waals surface area contributed by atoms with Gasteiger partial charge in [0.25, 0.3) is 10.0 Å². The van der Waals surface area contributed by atoms with E-state index in [1.165, 1.54) is 4.90 Å². The van der Waals surface area contributed by atoms with E-state index in [0.717, 1.165) is 47.5 Å². The number of anilines is 1. The lowest BCUT2D eigenvalue weighted by molar-refractivity contribution is -0.140. The summed E-state index contributed by atoms with van der Waals surface area (Å²) in [4.78, 5) is 29.7. The maximum Gasteiger partial charge on any atom is 0.264 e.